The fraction of sp³-hybridized carbons (Fsp3) is 0.200. The zero-order valence-corrected chi connectivity index (χ0v) is 12.2. The molecule has 21 heavy (non-hydrogen) atoms. The van der Waals surface area contributed by atoms with E-state index >= 15 is 0 Å². The van der Waals surface area contributed by atoms with E-state index in [0.717, 1.165) is 0 Å². The summed E-state index contributed by atoms with van der Waals surface area (Å²) in [6.07, 6.45) is 0.579. The summed E-state index contributed by atoms with van der Waals surface area (Å²) < 4.78 is 33.0. The highest BCUT2D eigenvalue weighted by molar-refractivity contribution is 7.93. The minimum Gasteiger partial charge on any atom is -0.454 e. The SMILES string of the molecule is NCCCN1c2ccccc2Oc2ccccc2S1(=O)=O. The number of rotatable bonds is 3. The Bertz CT molecular complexity index is 759. The van der Waals surface area contributed by atoms with Crippen molar-refractivity contribution >= 4 is 15.7 Å². The Morgan fingerprint density at radius 1 is 1.00 bits per heavy atom. The second-order valence-electron chi connectivity index (χ2n) is 4.74. The molecular formula is C15H16N2O3S. The topological polar surface area (TPSA) is 72.6 Å². The van der Waals surface area contributed by atoms with Gasteiger partial charge in [0.05, 0.1) is 5.69 Å². The van der Waals surface area contributed by atoms with Gasteiger partial charge < -0.3 is 10.5 Å². The summed E-state index contributed by atoms with van der Waals surface area (Å²) in [5.41, 5.74) is 6.08. The van der Waals surface area contributed by atoms with E-state index in [0.29, 0.717) is 36.7 Å². The van der Waals surface area contributed by atoms with Crippen molar-refractivity contribution in [2.24, 2.45) is 5.73 Å². The van der Waals surface area contributed by atoms with Crippen molar-refractivity contribution in [3.8, 4) is 11.5 Å². The molecule has 0 saturated heterocycles. The summed E-state index contributed by atoms with van der Waals surface area (Å²) in [5.74, 6) is 0.878. The number of para-hydroxylation sites is 3. The highest BCUT2D eigenvalue weighted by Crippen LogP contribution is 2.42. The lowest BCUT2D eigenvalue weighted by Crippen LogP contribution is -2.32. The molecule has 1 aliphatic rings. The van der Waals surface area contributed by atoms with Crippen molar-refractivity contribution in [2.45, 2.75) is 11.3 Å². The lowest BCUT2D eigenvalue weighted by atomic mass is 10.2. The number of nitrogens with two attached hydrogens (primary N) is 1. The van der Waals surface area contributed by atoms with E-state index in [2.05, 4.69) is 0 Å². The zero-order valence-electron chi connectivity index (χ0n) is 11.4. The van der Waals surface area contributed by atoms with Crippen molar-refractivity contribution in [1.82, 2.24) is 0 Å². The van der Waals surface area contributed by atoms with E-state index in [4.69, 9.17) is 10.5 Å². The monoisotopic (exact) mass is 304 g/mol. The van der Waals surface area contributed by atoms with Crippen LogP contribution in [0.3, 0.4) is 0 Å². The third kappa shape index (κ3) is 2.36. The fourth-order valence-corrected chi connectivity index (χ4v) is 3.97. The highest BCUT2D eigenvalue weighted by Gasteiger charge is 2.32. The summed E-state index contributed by atoms with van der Waals surface area (Å²) in [4.78, 5) is 0.179. The van der Waals surface area contributed by atoms with Gasteiger partial charge in [-0.1, -0.05) is 24.3 Å². The third-order valence-electron chi connectivity index (χ3n) is 3.34. The first-order valence-corrected chi connectivity index (χ1v) is 8.17. The van der Waals surface area contributed by atoms with Gasteiger partial charge in [0.25, 0.3) is 10.0 Å². The van der Waals surface area contributed by atoms with Crippen LogP contribution in [0.25, 0.3) is 0 Å². The van der Waals surface area contributed by atoms with Crippen molar-refractivity contribution in [2.75, 3.05) is 17.4 Å². The van der Waals surface area contributed by atoms with E-state index in [1.165, 1.54) is 4.31 Å². The van der Waals surface area contributed by atoms with Gasteiger partial charge in [-0.25, -0.2) is 8.42 Å². The number of benzene rings is 2. The number of fused-ring (bicyclic) bond motifs is 2. The minimum atomic E-state index is -3.65. The lowest BCUT2D eigenvalue weighted by molar-refractivity contribution is 0.472. The Morgan fingerprint density at radius 2 is 1.67 bits per heavy atom. The summed E-state index contributed by atoms with van der Waals surface area (Å²) in [5, 5.41) is 0. The van der Waals surface area contributed by atoms with Gasteiger partial charge in [-0.05, 0) is 37.2 Å². The molecule has 110 valence electrons. The zero-order chi connectivity index (χ0) is 14.9. The predicted octanol–water partition coefficient (Wildman–Crippen LogP) is 2.34. The molecule has 0 amide bonds. The van der Waals surface area contributed by atoms with Crippen LogP contribution in [0.4, 0.5) is 5.69 Å². The van der Waals surface area contributed by atoms with Crippen LogP contribution >= 0.6 is 0 Å². The number of sulfonamides is 1. The lowest BCUT2D eigenvalue weighted by Gasteiger charge is -2.23. The summed E-state index contributed by atoms with van der Waals surface area (Å²) >= 11 is 0. The van der Waals surface area contributed by atoms with E-state index in [1.54, 1.807) is 42.5 Å². The van der Waals surface area contributed by atoms with Gasteiger partial charge in [-0.15, -0.1) is 0 Å². The first kappa shape index (κ1) is 13.9. The second-order valence-corrected chi connectivity index (χ2v) is 6.57. The van der Waals surface area contributed by atoms with Crippen LogP contribution in [0.5, 0.6) is 11.5 Å². The Balaban J connectivity index is 2.22. The van der Waals surface area contributed by atoms with Gasteiger partial charge >= 0.3 is 0 Å². The van der Waals surface area contributed by atoms with Crippen LogP contribution < -0.4 is 14.8 Å². The van der Waals surface area contributed by atoms with Crippen LogP contribution in [0.2, 0.25) is 0 Å². The van der Waals surface area contributed by atoms with E-state index < -0.39 is 10.0 Å². The number of anilines is 1. The number of hydrogen-bond donors (Lipinski definition) is 1. The number of nitrogens with zero attached hydrogens (tertiary/aromatic N) is 1. The smallest absolute Gasteiger partial charge is 0.268 e. The van der Waals surface area contributed by atoms with E-state index in [9.17, 15) is 8.42 Å². The van der Waals surface area contributed by atoms with Crippen molar-refractivity contribution in [3.63, 3.8) is 0 Å². The summed E-state index contributed by atoms with van der Waals surface area (Å²) in [6, 6.07) is 13.8. The first-order valence-electron chi connectivity index (χ1n) is 6.73. The predicted molar refractivity (Wildman–Crippen MR) is 81.2 cm³/mol. The standard InChI is InChI=1S/C15H16N2O3S/c16-10-5-11-17-12-6-1-2-7-13(12)20-14-8-3-4-9-15(14)21(17,18)19/h1-4,6-9H,5,10-11,16H2. The van der Waals surface area contributed by atoms with E-state index in [-0.39, 0.29) is 4.90 Å². The molecule has 0 radical (unpaired) electrons. The minimum absolute atomic E-state index is 0.179. The molecule has 1 heterocycles. The van der Waals surface area contributed by atoms with Gasteiger partial charge in [-0.3, -0.25) is 4.31 Å². The van der Waals surface area contributed by atoms with E-state index in [1.807, 2.05) is 6.07 Å². The van der Waals surface area contributed by atoms with Crippen molar-refractivity contribution < 1.29 is 13.2 Å². The molecule has 2 aromatic carbocycles. The molecule has 0 saturated carbocycles. The summed E-state index contributed by atoms with van der Waals surface area (Å²) in [6.45, 7) is 0.754. The number of ether oxygens (including phenoxy) is 1. The molecule has 3 rings (SSSR count). The molecule has 0 aliphatic carbocycles. The van der Waals surface area contributed by atoms with Crippen LogP contribution in [0.15, 0.2) is 53.4 Å². The maximum Gasteiger partial charge on any atom is 0.268 e. The van der Waals surface area contributed by atoms with Crippen LogP contribution in [-0.2, 0) is 10.0 Å². The molecule has 2 aromatic rings. The molecule has 1 aliphatic heterocycles. The largest absolute Gasteiger partial charge is 0.454 e. The molecule has 0 fully saturated rings. The second kappa shape index (κ2) is 5.38. The molecule has 6 heteroatoms. The molecular weight excluding hydrogens is 288 g/mol. The normalized spacial score (nSPS) is 15.6. The maximum atomic E-state index is 12.9. The maximum absolute atomic E-state index is 12.9. The number of hydrogen-bond acceptors (Lipinski definition) is 4. The Kier molecular flexibility index (Phi) is 3.57. The molecule has 0 atom stereocenters. The van der Waals surface area contributed by atoms with Gasteiger partial charge in [0.15, 0.2) is 5.75 Å². The molecule has 0 unspecified atom stereocenters. The van der Waals surface area contributed by atoms with Gasteiger partial charge in [0.1, 0.15) is 10.6 Å². The third-order valence-corrected chi connectivity index (χ3v) is 5.19. The molecule has 0 bridgehead atoms. The highest BCUT2D eigenvalue weighted by atomic mass is 32.2. The van der Waals surface area contributed by atoms with Crippen LogP contribution in [0, 0.1) is 0 Å². The Hall–Kier alpha value is -2.05. The van der Waals surface area contributed by atoms with Gasteiger partial charge in [0.2, 0.25) is 0 Å². The molecule has 0 spiro atoms. The van der Waals surface area contributed by atoms with Crippen molar-refractivity contribution in [1.29, 1.82) is 0 Å². The Morgan fingerprint density at radius 3 is 2.43 bits per heavy atom. The first-order chi connectivity index (χ1) is 10.1. The average molecular weight is 304 g/mol. The average Bonchev–Trinajstić information content (AvgIpc) is 2.58. The molecule has 0 aromatic heterocycles. The van der Waals surface area contributed by atoms with Gasteiger partial charge in [-0.2, -0.15) is 0 Å². The van der Waals surface area contributed by atoms with Crippen LogP contribution in [-0.4, -0.2) is 21.5 Å². The van der Waals surface area contributed by atoms with Crippen LogP contribution in [0.1, 0.15) is 6.42 Å². The van der Waals surface area contributed by atoms with Gasteiger partial charge in [0, 0.05) is 6.54 Å². The Labute approximate surface area is 124 Å². The molecule has 2 N–H and O–H groups in total. The fourth-order valence-electron chi connectivity index (χ4n) is 2.34. The summed E-state index contributed by atoms with van der Waals surface area (Å²) in [7, 11) is -3.65. The molecule has 5 nitrogen and oxygen atoms in total. The van der Waals surface area contributed by atoms with Crippen molar-refractivity contribution in [3.05, 3.63) is 48.5 Å². The quantitative estimate of drug-likeness (QED) is 0.944.